The first kappa shape index (κ1) is 18.4. The molecule has 0 saturated carbocycles. The highest BCUT2D eigenvalue weighted by molar-refractivity contribution is 7.89. The molecular weight excluding hydrogens is 348 g/mol. The molecule has 0 unspecified atom stereocenters. The highest BCUT2D eigenvalue weighted by atomic mass is 32.2. The average molecular weight is 372 g/mol. The topological polar surface area (TPSA) is 69.3 Å². The lowest BCUT2D eigenvalue weighted by molar-refractivity contribution is 0.521. The molecule has 2 aromatic heterocycles. The van der Waals surface area contributed by atoms with Gasteiger partial charge >= 0.3 is 0 Å². The van der Waals surface area contributed by atoms with Crippen LogP contribution in [0.5, 0.6) is 0 Å². The van der Waals surface area contributed by atoms with Crippen molar-refractivity contribution in [1.82, 2.24) is 14.3 Å². The molecule has 26 heavy (non-hydrogen) atoms. The van der Waals surface area contributed by atoms with Crippen molar-refractivity contribution in [1.29, 1.82) is 0 Å². The van der Waals surface area contributed by atoms with E-state index in [4.69, 9.17) is 0 Å². The Morgan fingerprint density at radius 3 is 2.42 bits per heavy atom. The minimum atomic E-state index is -3.50. The maximum absolute atomic E-state index is 12.6. The predicted octanol–water partition coefficient (Wildman–Crippen LogP) is 3.33. The second-order valence-electron chi connectivity index (χ2n) is 6.28. The molecular formula is C19H24N4O2S. The number of rotatable bonds is 6. The van der Waals surface area contributed by atoms with E-state index < -0.39 is 10.0 Å². The number of hydrogen-bond donors (Lipinski definition) is 1. The van der Waals surface area contributed by atoms with Gasteiger partial charge in [0.2, 0.25) is 10.0 Å². The monoisotopic (exact) mass is 372 g/mol. The standard InChI is InChI=1S/C19H24N4O2S/c1-5-23(6-2)19-8-7-15(26(24,25)22(3)4)12-16(19)17-11-14-9-10-20-13-18(14)21-17/h7-13,21H,5-6H2,1-4H3. The van der Waals surface area contributed by atoms with E-state index in [1.807, 2.05) is 18.2 Å². The summed E-state index contributed by atoms with van der Waals surface area (Å²) in [5, 5.41) is 1.04. The molecule has 0 atom stereocenters. The molecule has 138 valence electrons. The van der Waals surface area contributed by atoms with Crippen LogP contribution in [0.1, 0.15) is 13.8 Å². The van der Waals surface area contributed by atoms with Crippen LogP contribution in [0.25, 0.3) is 22.2 Å². The number of nitrogens with zero attached hydrogens (tertiary/aromatic N) is 3. The van der Waals surface area contributed by atoms with Crippen LogP contribution >= 0.6 is 0 Å². The Balaban J connectivity index is 2.24. The van der Waals surface area contributed by atoms with Crippen LogP contribution in [0.3, 0.4) is 0 Å². The van der Waals surface area contributed by atoms with Crippen LogP contribution in [0.4, 0.5) is 5.69 Å². The van der Waals surface area contributed by atoms with Gasteiger partial charge in [-0.05, 0) is 44.2 Å². The number of pyridine rings is 1. The van der Waals surface area contributed by atoms with Gasteiger partial charge < -0.3 is 9.88 Å². The van der Waals surface area contributed by atoms with Crippen molar-refractivity contribution < 1.29 is 8.42 Å². The van der Waals surface area contributed by atoms with E-state index in [9.17, 15) is 8.42 Å². The molecule has 0 amide bonds. The summed E-state index contributed by atoms with van der Waals surface area (Å²) < 4.78 is 26.4. The molecule has 3 aromatic rings. The van der Waals surface area contributed by atoms with Crippen molar-refractivity contribution in [2.24, 2.45) is 0 Å². The third-order valence-electron chi connectivity index (χ3n) is 4.56. The van der Waals surface area contributed by atoms with E-state index in [1.54, 1.807) is 38.6 Å². The average Bonchev–Trinajstić information content (AvgIpc) is 3.06. The lowest BCUT2D eigenvalue weighted by atomic mass is 10.1. The molecule has 2 heterocycles. The zero-order valence-corrected chi connectivity index (χ0v) is 16.3. The summed E-state index contributed by atoms with van der Waals surface area (Å²) in [6.07, 6.45) is 3.52. The van der Waals surface area contributed by atoms with Crippen molar-refractivity contribution in [2.45, 2.75) is 18.7 Å². The first-order chi connectivity index (χ1) is 12.4. The Morgan fingerprint density at radius 2 is 1.81 bits per heavy atom. The largest absolute Gasteiger partial charge is 0.372 e. The molecule has 3 rings (SSSR count). The molecule has 0 aliphatic rings. The number of benzene rings is 1. The van der Waals surface area contributed by atoms with E-state index >= 15 is 0 Å². The lowest BCUT2D eigenvalue weighted by Gasteiger charge is -2.24. The predicted molar refractivity (Wildman–Crippen MR) is 106 cm³/mol. The molecule has 6 nitrogen and oxygen atoms in total. The fraction of sp³-hybridized carbons (Fsp3) is 0.316. The first-order valence-corrected chi connectivity index (χ1v) is 10.1. The summed E-state index contributed by atoms with van der Waals surface area (Å²) >= 11 is 0. The first-order valence-electron chi connectivity index (χ1n) is 8.63. The van der Waals surface area contributed by atoms with Gasteiger partial charge in [0.15, 0.2) is 0 Å². The number of nitrogens with one attached hydrogen (secondary N) is 1. The molecule has 0 radical (unpaired) electrons. The summed E-state index contributed by atoms with van der Waals surface area (Å²) in [6.45, 7) is 5.86. The van der Waals surface area contributed by atoms with Crippen LogP contribution in [0.15, 0.2) is 47.6 Å². The number of anilines is 1. The van der Waals surface area contributed by atoms with Gasteiger partial charge in [-0.15, -0.1) is 0 Å². The fourth-order valence-corrected chi connectivity index (χ4v) is 3.99. The zero-order chi connectivity index (χ0) is 18.9. The van der Waals surface area contributed by atoms with Crippen LogP contribution < -0.4 is 4.90 Å². The van der Waals surface area contributed by atoms with Crippen molar-refractivity contribution >= 4 is 26.6 Å². The SMILES string of the molecule is CCN(CC)c1ccc(S(=O)(=O)N(C)C)cc1-c1cc2ccncc2[nH]1. The molecule has 0 bridgehead atoms. The van der Waals surface area contributed by atoms with Crippen molar-refractivity contribution in [3.63, 3.8) is 0 Å². The number of aromatic nitrogens is 2. The lowest BCUT2D eigenvalue weighted by Crippen LogP contribution is -2.24. The van der Waals surface area contributed by atoms with E-state index in [0.29, 0.717) is 0 Å². The highest BCUT2D eigenvalue weighted by Gasteiger charge is 2.21. The van der Waals surface area contributed by atoms with E-state index in [2.05, 4.69) is 28.7 Å². The molecule has 0 fully saturated rings. The molecule has 0 saturated heterocycles. The smallest absolute Gasteiger partial charge is 0.242 e. The highest BCUT2D eigenvalue weighted by Crippen LogP contribution is 2.34. The Hall–Kier alpha value is -2.38. The van der Waals surface area contributed by atoms with Gasteiger partial charge in [-0.2, -0.15) is 0 Å². The van der Waals surface area contributed by atoms with Crippen molar-refractivity contribution in [2.75, 3.05) is 32.1 Å². The fourth-order valence-electron chi connectivity index (χ4n) is 3.06. The second kappa shape index (κ2) is 7.09. The Kier molecular flexibility index (Phi) is 5.02. The van der Waals surface area contributed by atoms with Crippen LogP contribution in [-0.2, 0) is 10.0 Å². The maximum Gasteiger partial charge on any atom is 0.242 e. The third kappa shape index (κ3) is 3.20. The van der Waals surface area contributed by atoms with E-state index in [1.165, 1.54) is 4.31 Å². The molecule has 0 spiro atoms. The van der Waals surface area contributed by atoms with E-state index in [0.717, 1.165) is 40.9 Å². The Bertz CT molecular complexity index is 988. The number of hydrogen-bond acceptors (Lipinski definition) is 4. The van der Waals surface area contributed by atoms with Gasteiger partial charge in [-0.25, -0.2) is 12.7 Å². The van der Waals surface area contributed by atoms with Gasteiger partial charge in [0, 0.05) is 55.7 Å². The zero-order valence-electron chi connectivity index (χ0n) is 15.5. The number of H-pyrrole nitrogens is 1. The summed E-state index contributed by atoms with van der Waals surface area (Å²) in [5.74, 6) is 0. The second-order valence-corrected chi connectivity index (χ2v) is 8.44. The number of aromatic amines is 1. The van der Waals surface area contributed by atoms with Gasteiger partial charge in [0.05, 0.1) is 16.6 Å². The van der Waals surface area contributed by atoms with Crippen molar-refractivity contribution in [3.8, 4) is 11.3 Å². The van der Waals surface area contributed by atoms with Crippen molar-refractivity contribution in [3.05, 3.63) is 42.7 Å². The molecule has 7 heteroatoms. The minimum absolute atomic E-state index is 0.283. The van der Waals surface area contributed by atoms with Gasteiger partial charge in [0.25, 0.3) is 0 Å². The Morgan fingerprint density at radius 1 is 1.08 bits per heavy atom. The van der Waals surface area contributed by atoms with Crippen LogP contribution in [-0.4, -0.2) is 49.9 Å². The molecule has 0 aliphatic carbocycles. The Labute approximate surface area is 154 Å². The normalized spacial score (nSPS) is 12.0. The molecule has 0 aliphatic heterocycles. The van der Waals surface area contributed by atoms with Crippen LogP contribution in [0, 0.1) is 0 Å². The minimum Gasteiger partial charge on any atom is -0.372 e. The third-order valence-corrected chi connectivity index (χ3v) is 6.38. The van der Waals surface area contributed by atoms with Gasteiger partial charge in [-0.3, -0.25) is 4.98 Å². The molecule has 1 N–H and O–H groups in total. The summed E-state index contributed by atoms with van der Waals surface area (Å²) in [4.78, 5) is 10.0. The van der Waals surface area contributed by atoms with Gasteiger partial charge in [0.1, 0.15) is 0 Å². The summed E-state index contributed by atoms with van der Waals surface area (Å²) in [5.41, 5.74) is 3.68. The van der Waals surface area contributed by atoms with Crippen LogP contribution in [0.2, 0.25) is 0 Å². The molecule has 1 aromatic carbocycles. The van der Waals surface area contributed by atoms with Gasteiger partial charge in [-0.1, -0.05) is 0 Å². The van der Waals surface area contributed by atoms with E-state index in [-0.39, 0.29) is 4.90 Å². The summed E-state index contributed by atoms with van der Waals surface area (Å²) in [6, 6.07) is 9.29. The number of sulfonamides is 1. The summed E-state index contributed by atoms with van der Waals surface area (Å²) in [7, 11) is -0.418. The maximum atomic E-state index is 12.6. The quantitative estimate of drug-likeness (QED) is 0.721. The number of fused-ring (bicyclic) bond motifs is 1.